The van der Waals surface area contributed by atoms with Crippen molar-refractivity contribution in [3.05, 3.63) is 29.8 Å². The summed E-state index contributed by atoms with van der Waals surface area (Å²) in [6.45, 7) is 3.44. The molecule has 1 aromatic rings. The van der Waals surface area contributed by atoms with Crippen LogP contribution in [-0.2, 0) is 4.79 Å². The molecule has 1 heterocycles. The van der Waals surface area contributed by atoms with Crippen molar-refractivity contribution in [3.63, 3.8) is 0 Å². The van der Waals surface area contributed by atoms with Gasteiger partial charge in [-0.2, -0.15) is 0 Å². The number of nitrogens with one attached hydrogen (secondary N) is 1. The lowest BCUT2D eigenvalue weighted by Crippen LogP contribution is -2.44. The third-order valence-corrected chi connectivity index (χ3v) is 6.13. The quantitative estimate of drug-likeness (QED) is 0.371. The molecule has 1 aromatic carbocycles. The summed E-state index contributed by atoms with van der Waals surface area (Å²) in [5.74, 6) is 1.43. The molecule has 0 amide bonds. The Morgan fingerprint density at radius 2 is 1.73 bits per heavy atom. The van der Waals surface area contributed by atoms with Crippen LogP contribution in [0.25, 0.3) is 0 Å². The summed E-state index contributed by atoms with van der Waals surface area (Å²) in [4.78, 5) is 14.4. The smallest absolute Gasteiger partial charge is 0.314 e. The molecule has 0 spiro atoms. The van der Waals surface area contributed by atoms with Crippen LogP contribution < -0.4 is 10.5 Å². The van der Waals surface area contributed by atoms with Crippen LogP contribution in [0.1, 0.15) is 63.4 Å². The number of esters is 1. The average Bonchev–Trinajstić information content (AvgIpc) is 2.68. The van der Waals surface area contributed by atoms with E-state index in [-0.39, 0.29) is 17.8 Å². The Balaban J connectivity index is 1.51. The van der Waals surface area contributed by atoms with Crippen LogP contribution in [0.3, 0.4) is 0 Å². The monoisotopic (exact) mass is 357 g/mol. The molecular weight excluding hydrogens is 326 g/mol. The fourth-order valence-corrected chi connectivity index (χ4v) is 4.29. The van der Waals surface area contributed by atoms with Gasteiger partial charge in [-0.15, -0.1) is 0 Å². The third-order valence-electron chi connectivity index (χ3n) is 6.13. The number of piperidine rings is 1. The van der Waals surface area contributed by atoms with Gasteiger partial charge in [0.25, 0.3) is 0 Å². The fourth-order valence-electron chi connectivity index (χ4n) is 4.29. The van der Waals surface area contributed by atoms with Crippen LogP contribution in [0.5, 0.6) is 5.75 Å². The molecule has 3 rings (SSSR count). The van der Waals surface area contributed by atoms with Gasteiger partial charge in [-0.05, 0) is 55.2 Å². The first kappa shape index (κ1) is 18.7. The zero-order valence-electron chi connectivity index (χ0n) is 15.7. The molecule has 0 aromatic heterocycles. The molecule has 3 N–H and O–H groups in total. The van der Waals surface area contributed by atoms with Crippen LogP contribution in [0.15, 0.2) is 24.3 Å². The second-order valence-corrected chi connectivity index (χ2v) is 7.82. The van der Waals surface area contributed by atoms with E-state index in [2.05, 4.69) is 12.1 Å². The lowest BCUT2D eigenvalue weighted by molar-refractivity contribution is -0.140. The molecule has 2 fully saturated rings. The minimum Gasteiger partial charge on any atom is -0.426 e. The van der Waals surface area contributed by atoms with Gasteiger partial charge in [-0.25, -0.2) is 0 Å². The summed E-state index contributed by atoms with van der Waals surface area (Å²) >= 11 is 0. The molecule has 142 valence electrons. The first-order valence-electron chi connectivity index (χ1n) is 9.95. The van der Waals surface area contributed by atoms with Gasteiger partial charge in [0.1, 0.15) is 5.75 Å². The Hall–Kier alpha value is -2.04. The Bertz CT molecular complexity index is 615. The van der Waals surface area contributed by atoms with Crippen LogP contribution >= 0.6 is 0 Å². The van der Waals surface area contributed by atoms with E-state index in [0.717, 1.165) is 25.9 Å². The molecule has 5 nitrogen and oxygen atoms in total. The van der Waals surface area contributed by atoms with Crippen molar-refractivity contribution < 1.29 is 9.53 Å². The topological polar surface area (TPSA) is 79.4 Å². The lowest BCUT2D eigenvalue weighted by atomic mass is 9.84. The lowest BCUT2D eigenvalue weighted by Gasteiger charge is -2.34. The van der Waals surface area contributed by atoms with Gasteiger partial charge < -0.3 is 15.4 Å². The van der Waals surface area contributed by atoms with Crippen molar-refractivity contribution in [2.75, 3.05) is 13.1 Å². The van der Waals surface area contributed by atoms with Crippen molar-refractivity contribution in [1.29, 1.82) is 5.41 Å². The van der Waals surface area contributed by atoms with E-state index in [0.29, 0.717) is 17.6 Å². The summed E-state index contributed by atoms with van der Waals surface area (Å²) in [5.41, 5.74) is 6.90. The summed E-state index contributed by atoms with van der Waals surface area (Å²) in [7, 11) is 0. The van der Waals surface area contributed by atoms with E-state index in [1.165, 1.54) is 37.7 Å². The van der Waals surface area contributed by atoms with E-state index < -0.39 is 0 Å². The highest BCUT2D eigenvalue weighted by atomic mass is 16.5. The van der Waals surface area contributed by atoms with Crippen LogP contribution in [-0.4, -0.2) is 29.9 Å². The van der Waals surface area contributed by atoms with E-state index >= 15 is 0 Å². The van der Waals surface area contributed by atoms with Gasteiger partial charge in [0.15, 0.2) is 5.96 Å². The molecule has 1 atom stereocenters. The Morgan fingerprint density at radius 1 is 1.12 bits per heavy atom. The molecule has 1 saturated carbocycles. The number of benzene rings is 1. The number of guanidine groups is 1. The molecule has 0 bridgehead atoms. The molecule has 1 unspecified atom stereocenters. The minimum atomic E-state index is -0.156. The van der Waals surface area contributed by atoms with Gasteiger partial charge in [-0.3, -0.25) is 10.2 Å². The van der Waals surface area contributed by atoms with Gasteiger partial charge in [0, 0.05) is 13.1 Å². The average molecular weight is 357 g/mol. The van der Waals surface area contributed by atoms with E-state index in [9.17, 15) is 4.79 Å². The third kappa shape index (κ3) is 4.57. The molecular formula is C21H31N3O2. The van der Waals surface area contributed by atoms with Crippen LogP contribution in [0.4, 0.5) is 0 Å². The number of carbonyl (C=O) groups is 1. The van der Waals surface area contributed by atoms with Crippen molar-refractivity contribution in [2.24, 2.45) is 17.6 Å². The first-order valence-corrected chi connectivity index (χ1v) is 9.95. The second kappa shape index (κ2) is 8.56. The largest absolute Gasteiger partial charge is 0.426 e. The molecule has 1 aliphatic carbocycles. The zero-order chi connectivity index (χ0) is 18.5. The Labute approximate surface area is 156 Å². The maximum atomic E-state index is 12.5. The van der Waals surface area contributed by atoms with Gasteiger partial charge in [-0.1, -0.05) is 38.3 Å². The normalized spacial score (nSPS) is 20.6. The fraction of sp³-hybridized carbons (Fsp3) is 0.619. The molecule has 5 heteroatoms. The van der Waals surface area contributed by atoms with Crippen molar-refractivity contribution in [2.45, 2.75) is 57.8 Å². The summed E-state index contributed by atoms with van der Waals surface area (Å²) in [6.07, 6.45) is 8.29. The summed E-state index contributed by atoms with van der Waals surface area (Å²) in [5, 5.41) is 7.50. The number of likely N-dealkylation sites (tertiary alicyclic amines) is 1. The Kier molecular flexibility index (Phi) is 6.17. The van der Waals surface area contributed by atoms with Crippen LogP contribution in [0, 0.1) is 17.2 Å². The second-order valence-electron chi connectivity index (χ2n) is 7.82. The van der Waals surface area contributed by atoms with Gasteiger partial charge >= 0.3 is 5.97 Å². The maximum absolute atomic E-state index is 12.5. The maximum Gasteiger partial charge on any atom is 0.314 e. The van der Waals surface area contributed by atoms with E-state index in [1.807, 2.05) is 24.0 Å². The number of nitrogens with zero attached hydrogens (tertiary/aromatic N) is 1. The standard InChI is InChI=1S/C21H31N3O2/c1-15(16-11-13-24(14-12-16)21(22)23)20(25)26-19-9-7-18(8-10-19)17-5-3-2-4-6-17/h7-10,15-17H,2-6,11-14H2,1H3,(H3,22,23). The van der Waals surface area contributed by atoms with Gasteiger partial charge in [0.05, 0.1) is 5.92 Å². The number of carbonyl (C=O) groups excluding carboxylic acids is 1. The van der Waals surface area contributed by atoms with Crippen molar-refractivity contribution in [3.8, 4) is 5.75 Å². The number of hydrogen-bond acceptors (Lipinski definition) is 3. The highest BCUT2D eigenvalue weighted by molar-refractivity contribution is 5.76. The molecule has 2 aliphatic rings. The summed E-state index contributed by atoms with van der Waals surface area (Å²) < 4.78 is 5.63. The number of hydrogen-bond donors (Lipinski definition) is 2. The SMILES string of the molecule is CC(C(=O)Oc1ccc(C2CCCCC2)cc1)C1CCN(C(=N)N)CC1. The first-order chi connectivity index (χ1) is 12.5. The predicted octanol–water partition coefficient (Wildman–Crippen LogP) is 3.88. The molecule has 1 saturated heterocycles. The highest BCUT2D eigenvalue weighted by Crippen LogP contribution is 2.33. The summed E-state index contributed by atoms with van der Waals surface area (Å²) in [6, 6.07) is 8.11. The molecule has 0 radical (unpaired) electrons. The van der Waals surface area contributed by atoms with E-state index in [1.54, 1.807) is 0 Å². The number of nitrogens with two attached hydrogens (primary N) is 1. The highest BCUT2D eigenvalue weighted by Gasteiger charge is 2.29. The zero-order valence-corrected chi connectivity index (χ0v) is 15.7. The number of ether oxygens (including phenoxy) is 1. The van der Waals surface area contributed by atoms with Crippen molar-refractivity contribution in [1.82, 2.24) is 4.90 Å². The van der Waals surface area contributed by atoms with Crippen LogP contribution in [0.2, 0.25) is 0 Å². The minimum absolute atomic E-state index is 0.122. The van der Waals surface area contributed by atoms with Crippen molar-refractivity contribution >= 4 is 11.9 Å². The molecule has 1 aliphatic heterocycles. The van der Waals surface area contributed by atoms with Gasteiger partial charge in [0.2, 0.25) is 0 Å². The predicted molar refractivity (Wildman–Crippen MR) is 103 cm³/mol. The Morgan fingerprint density at radius 3 is 2.31 bits per heavy atom. The van der Waals surface area contributed by atoms with E-state index in [4.69, 9.17) is 15.9 Å². The molecule has 26 heavy (non-hydrogen) atoms. The number of rotatable bonds is 4.